The van der Waals surface area contributed by atoms with Gasteiger partial charge in [0.25, 0.3) is 0 Å². The summed E-state index contributed by atoms with van der Waals surface area (Å²) in [5.74, 6) is -4.12. The summed E-state index contributed by atoms with van der Waals surface area (Å²) < 4.78 is 0. The van der Waals surface area contributed by atoms with E-state index in [1.807, 2.05) is 0 Å². The second-order valence-corrected chi connectivity index (χ2v) is 3.16. The van der Waals surface area contributed by atoms with E-state index in [-0.39, 0.29) is 39.2 Å². The van der Waals surface area contributed by atoms with Gasteiger partial charge < -0.3 is 51.4 Å². The van der Waals surface area contributed by atoms with Crippen molar-refractivity contribution in [2.24, 2.45) is 0 Å². The van der Waals surface area contributed by atoms with Crippen LogP contribution < -0.4 is 0 Å². The SMILES string of the molecule is O.O=C(O)c1cc(C(=O)O)cc(C(=O)O)c1.O=[N+]([O-])[O-].O=[N+]([O-])[O-].[Cu+2]. The van der Waals surface area contributed by atoms with Crippen molar-refractivity contribution < 1.29 is 62.4 Å². The fraction of sp³-hybridized carbons (Fsp3) is 0. The molecule has 1 aromatic rings. The molecule has 16 heteroatoms. The van der Waals surface area contributed by atoms with Gasteiger partial charge in [-0.1, -0.05) is 0 Å². The number of hydrogen-bond acceptors (Lipinski definition) is 9. The first-order chi connectivity index (χ1) is 10.4. The van der Waals surface area contributed by atoms with Gasteiger partial charge in [-0.25, -0.2) is 14.4 Å². The van der Waals surface area contributed by atoms with Crippen LogP contribution in [0.2, 0.25) is 0 Å². The molecule has 0 aliphatic rings. The molecular formula is C9H8CuN2O13. The Balaban J connectivity index is -0.000000187. The maximum Gasteiger partial charge on any atom is 2.00 e. The molecule has 0 spiro atoms. The standard InChI is InChI=1S/C9H6O6.Cu.2NO3.H2O/c10-7(11)4-1-5(8(12)13)3-6(2-4)9(14)15;;2*2-1(3)4;/h1-3H,(H,10,11)(H,12,13)(H,14,15);;;;1H2/q;+2;2*-1;. The summed E-state index contributed by atoms with van der Waals surface area (Å²) >= 11 is 0. The van der Waals surface area contributed by atoms with Crippen LogP contribution in [0.1, 0.15) is 31.1 Å². The minimum absolute atomic E-state index is 0. The van der Waals surface area contributed by atoms with Gasteiger partial charge in [0.2, 0.25) is 0 Å². The summed E-state index contributed by atoms with van der Waals surface area (Å²) in [5, 5.41) is 55.3. The number of benzene rings is 1. The van der Waals surface area contributed by atoms with Crippen molar-refractivity contribution >= 4 is 17.9 Å². The molecule has 15 nitrogen and oxygen atoms in total. The minimum Gasteiger partial charge on any atom is -0.478 e. The van der Waals surface area contributed by atoms with Crippen molar-refractivity contribution in [3.05, 3.63) is 65.5 Å². The van der Waals surface area contributed by atoms with Crippen molar-refractivity contribution in [1.82, 2.24) is 0 Å². The molecule has 1 aromatic carbocycles. The molecule has 0 amide bonds. The molecule has 143 valence electrons. The second kappa shape index (κ2) is 14.1. The van der Waals surface area contributed by atoms with Crippen LogP contribution in [0.25, 0.3) is 0 Å². The third-order valence-electron chi connectivity index (χ3n) is 1.67. The number of hydrogen-bond donors (Lipinski definition) is 3. The van der Waals surface area contributed by atoms with Crippen molar-refractivity contribution in [1.29, 1.82) is 0 Å². The van der Waals surface area contributed by atoms with Gasteiger partial charge in [0, 0.05) is 0 Å². The Morgan fingerprint density at radius 1 is 0.680 bits per heavy atom. The zero-order valence-corrected chi connectivity index (χ0v) is 12.4. The third-order valence-corrected chi connectivity index (χ3v) is 1.67. The normalized spacial score (nSPS) is 7.68. The van der Waals surface area contributed by atoms with Gasteiger partial charge in [0.05, 0.1) is 26.9 Å². The number of aromatic carboxylic acids is 3. The molecule has 0 aliphatic carbocycles. The molecule has 0 aromatic heterocycles. The van der Waals surface area contributed by atoms with Crippen molar-refractivity contribution in [2.45, 2.75) is 0 Å². The van der Waals surface area contributed by atoms with Crippen molar-refractivity contribution in [3.8, 4) is 0 Å². The maximum absolute atomic E-state index is 10.6. The van der Waals surface area contributed by atoms with Gasteiger partial charge in [-0.15, -0.1) is 0 Å². The van der Waals surface area contributed by atoms with E-state index in [9.17, 15) is 14.4 Å². The molecule has 0 heterocycles. The van der Waals surface area contributed by atoms with Gasteiger partial charge in [0.15, 0.2) is 0 Å². The first-order valence-electron chi connectivity index (χ1n) is 4.86. The summed E-state index contributed by atoms with van der Waals surface area (Å²) in [6.45, 7) is 0. The average molecular weight is 416 g/mol. The monoisotopic (exact) mass is 415 g/mol. The Morgan fingerprint density at radius 2 is 0.800 bits per heavy atom. The Morgan fingerprint density at radius 3 is 0.880 bits per heavy atom. The number of nitrogens with zero attached hydrogens (tertiary/aromatic N) is 2. The van der Waals surface area contributed by atoms with Crippen LogP contribution in [0.15, 0.2) is 18.2 Å². The zero-order chi connectivity index (χ0) is 18.7. The molecule has 0 aliphatic heterocycles. The van der Waals surface area contributed by atoms with Crippen LogP contribution in [0.4, 0.5) is 0 Å². The summed E-state index contributed by atoms with van der Waals surface area (Å²) in [4.78, 5) is 48.2. The summed E-state index contributed by atoms with van der Waals surface area (Å²) in [6, 6.07) is 2.70. The van der Waals surface area contributed by atoms with Gasteiger partial charge in [0.1, 0.15) is 0 Å². The van der Waals surface area contributed by atoms with Gasteiger partial charge in [-0.2, -0.15) is 0 Å². The molecule has 1 radical (unpaired) electrons. The van der Waals surface area contributed by atoms with E-state index >= 15 is 0 Å². The Hall–Kier alpha value is -3.49. The Kier molecular flexibility index (Phi) is 16.7. The summed E-state index contributed by atoms with van der Waals surface area (Å²) in [7, 11) is 0. The van der Waals surface area contributed by atoms with Crippen LogP contribution in [0.5, 0.6) is 0 Å². The number of carboxylic acids is 3. The molecule has 0 bridgehead atoms. The van der Waals surface area contributed by atoms with Crippen LogP contribution >= 0.6 is 0 Å². The molecule has 0 saturated carbocycles. The van der Waals surface area contributed by atoms with Crippen LogP contribution in [-0.2, 0) is 17.1 Å². The average Bonchev–Trinajstić information content (AvgIpc) is 2.36. The topological polar surface area (TPSA) is 276 Å². The van der Waals surface area contributed by atoms with Gasteiger partial charge in [-0.05, 0) is 18.2 Å². The molecule has 1 rings (SSSR count). The molecule has 0 atom stereocenters. The van der Waals surface area contributed by atoms with E-state index < -0.39 is 28.1 Å². The van der Waals surface area contributed by atoms with E-state index in [0.717, 1.165) is 18.2 Å². The van der Waals surface area contributed by atoms with E-state index in [2.05, 4.69) is 0 Å². The Labute approximate surface area is 146 Å². The number of carbonyl (C=O) groups is 3. The molecular weight excluding hydrogens is 408 g/mol. The van der Waals surface area contributed by atoms with Crippen LogP contribution in [0, 0.1) is 30.6 Å². The molecule has 25 heavy (non-hydrogen) atoms. The van der Waals surface area contributed by atoms with E-state index in [1.165, 1.54) is 0 Å². The van der Waals surface area contributed by atoms with E-state index in [1.54, 1.807) is 0 Å². The zero-order valence-electron chi connectivity index (χ0n) is 11.4. The predicted octanol–water partition coefficient (Wildman–Crippen LogP) is -0.524. The maximum atomic E-state index is 10.6. The van der Waals surface area contributed by atoms with Gasteiger partial charge in [-0.3, -0.25) is 0 Å². The van der Waals surface area contributed by atoms with Gasteiger partial charge >= 0.3 is 35.0 Å². The van der Waals surface area contributed by atoms with Crippen LogP contribution in [0.3, 0.4) is 0 Å². The Bertz CT molecular complexity index is 533. The number of carboxylic acid groups (broad SMARTS) is 3. The van der Waals surface area contributed by atoms with Crippen molar-refractivity contribution in [3.63, 3.8) is 0 Å². The molecule has 5 N–H and O–H groups in total. The fourth-order valence-electron chi connectivity index (χ4n) is 0.998. The quantitative estimate of drug-likeness (QED) is 0.319. The minimum atomic E-state index is -1.75. The largest absolute Gasteiger partial charge is 2.00 e. The molecule has 0 fully saturated rings. The summed E-state index contributed by atoms with van der Waals surface area (Å²) in [5.41, 5.74) is -1.10. The summed E-state index contributed by atoms with van der Waals surface area (Å²) in [6.07, 6.45) is 0. The molecule has 0 saturated heterocycles. The number of rotatable bonds is 3. The third kappa shape index (κ3) is 16.7. The smallest absolute Gasteiger partial charge is 0.478 e. The second-order valence-electron chi connectivity index (χ2n) is 3.16. The molecule has 0 unspecified atom stereocenters. The predicted molar refractivity (Wildman–Crippen MR) is 71.7 cm³/mol. The van der Waals surface area contributed by atoms with Crippen molar-refractivity contribution in [2.75, 3.05) is 0 Å². The fourth-order valence-corrected chi connectivity index (χ4v) is 0.998. The first kappa shape index (κ1) is 29.5. The van der Waals surface area contributed by atoms with E-state index in [4.69, 9.17) is 46.0 Å². The van der Waals surface area contributed by atoms with Crippen LogP contribution in [-0.4, -0.2) is 48.9 Å². The first-order valence-corrected chi connectivity index (χ1v) is 4.86. The van der Waals surface area contributed by atoms with E-state index in [0.29, 0.717) is 0 Å².